The Morgan fingerprint density at radius 3 is 2.48 bits per heavy atom. The highest BCUT2D eigenvalue weighted by Gasteiger charge is 2.37. The highest BCUT2D eigenvalue weighted by atomic mass is 15.1. The second kappa shape index (κ2) is 9.45. The van der Waals surface area contributed by atoms with Gasteiger partial charge >= 0.3 is 0 Å². The van der Waals surface area contributed by atoms with E-state index in [9.17, 15) is 0 Å². The summed E-state index contributed by atoms with van der Waals surface area (Å²) in [6.07, 6.45) is 13.3. The molecule has 0 radical (unpaired) electrons. The second-order valence-electron chi connectivity index (χ2n) is 9.24. The van der Waals surface area contributed by atoms with E-state index in [1.165, 1.54) is 64.5 Å². The lowest BCUT2D eigenvalue weighted by Gasteiger charge is -2.43. The van der Waals surface area contributed by atoms with Crippen molar-refractivity contribution < 1.29 is 0 Å². The van der Waals surface area contributed by atoms with Gasteiger partial charge in [0.25, 0.3) is 0 Å². The minimum atomic E-state index is 0.476. The van der Waals surface area contributed by atoms with Crippen molar-refractivity contribution in [3.63, 3.8) is 0 Å². The van der Waals surface area contributed by atoms with Crippen LogP contribution >= 0.6 is 0 Å². The molecule has 1 aromatic rings. The van der Waals surface area contributed by atoms with E-state index < -0.39 is 0 Å². The summed E-state index contributed by atoms with van der Waals surface area (Å²) in [7, 11) is 2.09. The van der Waals surface area contributed by atoms with Crippen molar-refractivity contribution in [1.29, 1.82) is 0 Å². The smallest absolute Gasteiger partial charge is 0.0401 e. The number of anilines is 1. The molecule has 0 bridgehead atoms. The van der Waals surface area contributed by atoms with Gasteiger partial charge in [0.05, 0.1) is 0 Å². The SMILES string of the molecule is CCc1cc(C2CCCCC2(C)CC)c(CCNC)cc1N1CCCCC1. The van der Waals surface area contributed by atoms with Crippen LogP contribution in [0.5, 0.6) is 0 Å². The van der Waals surface area contributed by atoms with Crippen LogP contribution in [0.25, 0.3) is 0 Å². The fourth-order valence-electron chi connectivity index (χ4n) is 5.56. The molecule has 1 heterocycles. The highest BCUT2D eigenvalue weighted by molar-refractivity contribution is 5.59. The van der Waals surface area contributed by atoms with Crippen LogP contribution in [0.1, 0.15) is 94.7 Å². The molecule has 152 valence electrons. The first-order valence-electron chi connectivity index (χ1n) is 11.7. The molecular weight excluding hydrogens is 328 g/mol. The Balaban J connectivity index is 2.03. The molecule has 0 spiro atoms. The largest absolute Gasteiger partial charge is 0.371 e. The molecule has 1 saturated carbocycles. The first-order valence-corrected chi connectivity index (χ1v) is 11.7. The predicted molar refractivity (Wildman–Crippen MR) is 119 cm³/mol. The quantitative estimate of drug-likeness (QED) is 0.626. The van der Waals surface area contributed by atoms with Crippen molar-refractivity contribution in [3.8, 4) is 0 Å². The third-order valence-electron chi connectivity index (χ3n) is 7.58. The molecule has 27 heavy (non-hydrogen) atoms. The molecule has 2 aliphatic rings. The normalized spacial score (nSPS) is 26.4. The second-order valence-corrected chi connectivity index (χ2v) is 9.24. The number of aryl methyl sites for hydroxylation is 1. The molecule has 2 fully saturated rings. The fourth-order valence-corrected chi connectivity index (χ4v) is 5.56. The van der Waals surface area contributed by atoms with Gasteiger partial charge in [-0.05, 0) is 92.6 Å². The van der Waals surface area contributed by atoms with Crippen LogP contribution in [0.15, 0.2) is 12.1 Å². The summed E-state index contributed by atoms with van der Waals surface area (Å²) in [4.78, 5) is 2.68. The third-order valence-corrected chi connectivity index (χ3v) is 7.58. The number of hydrogen-bond acceptors (Lipinski definition) is 2. The van der Waals surface area contributed by atoms with Crippen LogP contribution in [-0.2, 0) is 12.8 Å². The molecule has 1 aromatic carbocycles. The summed E-state index contributed by atoms with van der Waals surface area (Å²) >= 11 is 0. The molecule has 2 heteroatoms. The van der Waals surface area contributed by atoms with Gasteiger partial charge in [-0.25, -0.2) is 0 Å². The van der Waals surface area contributed by atoms with Crippen LogP contribution < -0.4 is 10.2 Å². The summed E-state index contributed by atoms with van der Waals surface area (Å²) in [6.45, 7) is 10.9. The summed E-state index contributed by atoms with van der Waals surface area (Å²) in [5, 5.41) is 3.40. The van der Waals surface area contributed by atoms with E-state index in [0.717, 1.165) is 25.3 Å². The number of rotatable bonds is 7. The lowest BCUT2D eigenvalue weighted by Crippen LogP contribution is -2.32. The molecule has 2 nitrogen and oxygen atoms in total. The van der Waals surface area contributed by atoms with E-state index in [4.69, 9.17) is 0 Å². The van der Waals surface area contributed by atoms with E-state index in [-0.39, 0.29) is 0 Å². The predicted octanol–water partition coefficient (Wildman–Crippen LogP) is 6.08. The number of nitrogens with one attached hydrogen (secondary N) is 1. The Kier molecular flexibility index (Phi) is 7.25. The summed E-state index contributed by atoms with van der Waals surface area (Å²) in [6, 6.07) is 5.24. The fraction of sp³-hybridized carbons (Fsp3) is 0.760. The van der Waals surface area contributed by atoms with Gasteiger partial charge in [-0.15, -0.1) is 0 Å². The Morgan fingerprint density at radius 2 is 1.81 bits per heavy atom. The van der Waals surface area contributed by atoms with Gasteiger partial charge in [0.15, 0.2) is 0 Å². The zero-order valence-electron chi connectivity index (χ0n) is 18.4. The average molecular weight is 371 g/mol. The molecule has 0 aromatic heterocycles. The number of likely N-dealkylation sites (N-methyl/N-ethyl adjacent to an activating group) is 1. The van der Waals surface area contributed by atoms with E-state index in [1.807, 2.05) is 0 Å². The van der Waals surface area contributed by atoms with E-state index in [0.29, 0.717) is 5.41 Å². The van der Waals surface area contributed by atoms with Crippen molar-refractivity contribution in [2.24, 2.45) is 5.41 Å². The maximum atomic E-state index is 3.40. The zero-order chi connectivity index (χ0) is 19.3. The van der Waals surface area contributed by atoms with E-state index >= 15 is 0 Å². The highest BCUT2D eigenvalue weighted by Crippen LogP contribution is 2.50. The van der Waals surface area contributed by atoms with Crippen molar-refractivity contribution >= 4 is 5.69 Å². The number of piperidine rings is 1. The van der Waals surface area contributed by atoms with Gasteiger partial charge in [-0.2, -0.15) is 0 Å². The van der Waals surface area contributed by atoms with E-state index in [2.05, 4.69) is 50.2 Å². The van der Waals surface area contributed by atoms with Crippen LogP contribution in [0, 0.1) is 5.41 Å². The summed E-state index contributed by atoms with van der Waals surface area (Å²) < 4.78 is 0. The van der Waals surface area contributed by atoms with Crippen molar-refractivity contribution in [2.75, 3.05) is 31.6 Å². The van der Waals surface area contributed by atoms with Gasteiger partial charge in [-0.1, -0.05) is 46.1 Å². The molecule has 1 aliphatic carbocycles. The number of nitrogens with zero attached hydrogens (tertiary/aromatic N) is 1. The molecule has 1 saturated heterocycles. The minimum Gasteiger partial charge on any atom is -0.371 e. The Morgan fingerprint density at radius 1 is 1.04 bits per heavy atom. The van der Waals surface area contributed by atoms with Crippen LogP contribution in [0.3, 0.4) is 0 Å². The molecule has 1 N–H and O–H groups in total. The number of benzene rings is 1. The van der Waals surface area contributed by atoms with Crippen LogP contribution in [0.4, 0.5) is 5.69 Å². The minimum absolute atomic E-state index is 0.476. The Labute approximate surface area is 168 Å². The lowest BCUT2D eigenvalue weighted by molar-refractivity contribution is 0.166. The molecule has 2 atom stereocenters. The van der Waals surface area contributed by atoms with Crippen LogP contribution in [-0.4, -0.2) is 26.7 Å². The zero-order valence-corrected chi connectivity index (χ0v) is 18.4. The molecule has 1 aliphatic heterocycles. The monoisotopic (exact) mass is 370 g/mol. The summed E-state index contributed by atoms with van der Waals surface area (Å²) in [5.74, 6) is 0.740. The van der Waals surface area contributed by atoms with Gasteiger partial charge in [0, 0.05) is 18.8 Å². The molecule has 2 unspecified atom stereocenters. The molecule has 0 amide bonds. The maximum absolute atomic E-state index is 3.40. The van der Waals surface area contributed by atoms with Gasteiger partial charge in [-0.3, -0.25) is 0 Å². The standard InChI is InChI=1S/C25H42N2/c1-5-20-18-22(23-12-8-9-14-25(23,3)6-2)21(13-15-26-4)19-24(20)27-16-10-7-11-17-27/h18-19,23,26H,5-17H2,1-4H3. The van der Waals surface area contributed by atoms with Crippen molar-refractivity contribution in [1.82, 2.24) is 5.32 Å². The van der Waals surface area contributed by atoms with Gasteiger partial charge < -0.3 is 10.2 Å². The molecular formula is C25H42N2. The first kappa shape index (κ1) is 20.7. The van der Waals surface area contributed by atoms with Crippen LogP contribution in [0.2, 0.25) is 0 Å². The topological polar surface area (TPSA) is 15.3 Å². The first-order chi connectivity index (χ1) is 13.1. The van der Waals surface area contributed by atoms with E-state index in [1.54, 1.807) is 22.4 Å². The third kappa shape index (κ3) is 4.53. The lowest BCUT2D eigenvalue weighted by atomic mass is 9.62. The van der Waals surface area contributed by atoms with Gasteiger partial charge in [0.1, 0.15) is 0 Å². The Bertz CT molecular complexity index is 603. The summed E-state index contributed by atoms with van der Waals surface area (Å²) in [5.41, 5.74) is 6.91. The maximum Gasteiger partial charge on any atom is 0.0401 e. The van der Waals surface area contributed by atoms with Gasteiger partial charge in [0.2, 0.25) is 0 Å². The Hall–Kier alpha value is -1.02. The average Bonchev–Trinajstić information content (AvgIpc) is 2.72. The van der Waals surface area contributed by atoms with Crippen molar-refractivity contribution in [3.05, 3.63) is 28.8 Å². The molecule has 3 rings (SSSR count). The number of hydrogen-bond donors (Lipinski definition) is 1. The van der Waals surface area contributed by atoms with Crippen molar-refractivity contribution in [2.45, 2.75) is 90.9 Å².